The second-order valence-corrected chi connectivity index (χ2v) is 7.71. The van der Waals surface area contributed by atoms with Crippen molar-refractivity contribution in [2.45, 2.75) is 17.9 Å². The number of nitrogens with one attached hydrogen (secondary N) is 1. The van der Waals surface area contributed by atoms with Crippen molar-refractivity contribution < 1.29 is 27.8 Å². The Kier molecular flexibility index (Phi) is 7.09. The van der Waals surface area contributed by atoms with E-state index in [4.69, 9.17) is 9.47 Å². The lowest BCUT2D eigenvalue weighted by Gasteiger charge is -2.13. The van der Waals surface area contributed by atoms with Gasteiger partial charge in [-0.15, -0.1) is 0 Å². The molecule has 1 atom stereocenters. The van der Waals surface area contributed by atoms with Crippen molar-refractivity contribution in [3.05, 3.63) is 53.6 Å². The Hall–Kier alpha value is -2.26. The predicted molar refractivity (Wildman–Crippen MR) is 101 cm³/mol. The van der Waals surface area contributed by atoms with Gasteiger partial charge in [0, 0.05) is 20.8 Å². The molecule has 2 N–H and O–H groups in total. The molecule has 2 rings (SSSR count). The van der Waals surface area contributed by atoms with Crippen LogP contribution in [0.3, 0.4) is 0 Å². The summed E-state index contributed by atoms with van der Waals surface area (Å²) in [6.07, 6.45) is -0.147. The van der Waals surface area contributed by atoms with Crippen LogP contribution in [0.25, 0.3) is 11.1 Å². The van der Waals surface area contributed by atoms with Crippen molar-refractivity contribution in [2.24, 2.45) is 0 Å². The van der Waals surface area contributed by atoms with Gasteiger partial charge in [0.1, 0.15) is 0 Å². The fourth-order valence-electron chi connectivity index (χ4n) is 2.51. The topological polar surface area (TPSA) is 102 Å². The van der Waals surface area contributed by atoms with Crippen LogP contribution in [0.1, 0.15) is 28.9 Å². The van der Waals surface area contributed by atoms with Crippen LogP contribution < -0.4 is 4.72 Å². The fraction of sp³-hybridized carbons (Fsp3) is 0.316. The van der Waals surface area contributed by atoms with Crippen molar-refractivity contribution in [3.63, 3.8) is 0 Å². The van der Waals surface area contributed by atoms with E-state index in [1.165, 1.54) is 19.2 Å². The molecular formula is C19H23NO6S. The van der Waals surface area contributed by atoms with Crippen LogP contribution in [-0.4, -0.2) is 46.9 Å². The minimum atomic E-state index is -3.87. The number of hydrogen-bond acceptors (Lipinski definition) is 5. The summed E-state index contributed by atoms with van der Waals surface area (Å²) in [6, 6.07) is 11.4. The molecule has 0 radical (unpaired) electrons. The summed E-state index contributed by atoms with van der Waals surface area (Å²) in [7, 11) is -0.808. The molecule has 0 amide bonds. The fourth-order valence-corrected chi connectivity index (χ4v) is 3.60. The number of sulfonamides is 1. The molecule has 27 heavy (non-hydrogen) atoms. The van der Waals surface area contributed by atoms with E-state index in [0.29, 0.717) is 11.1 Å². The van der Waals surface area contributed by atoms with E-state index in [2.05, 4.69) is 4.72 Å². The first-order valence-corrected chi connectivity index (χ1v) is 9.77. The molecule has 7 nitrogen and oxygen atoms in total. The third-order valence-corrected chi connectivity index (χ3v) is 5.55. The molecule has 0 saturated heterocycles. The van der Waals surface area contributed by atoms with Gasteiger partial charge in [0.25, 0.3) is 0 Å². The Bertz CT molecular complexity index is 910. The zero-order valence-electron chi connectivity index (χ0n) is 15.4. The number of aromatic carboxylic acids is 1. The lowest BCUT2D eigenvalue weighted by molar-refractivity contribution is 0.0696. The number of rotatable bonds is 9. The third-order valence-electron chi connectivity index (χ3n) is 4.10. The van der Waals surface area contributed by atoms with Crippen molar-refractivity contribution in [3.8, 4) is 11.1 Å². The maximum absolute atomic E-state index is 12.5. The average molecular weight is 393 g/mol. The van der Waals surface area contributed by atoms with Crippen molar-refractivity contribution in [2.75, 3.05) is 27.4 Å². The Morgan fingerprint density at radius 1 is 1.15 bits per heavy atom. The summed E-state index contributed by atoms with van der Waals surface area (Å²) in [5, 5.41) is 9.39. The average Bonchev–Trinajstić information content (AvgIpc) is 2.67. The first kappa shape index (κ1) is 21.0. The van der Waals surface area contributed by atoms with Crippen LogP contribution in [0.15, 0.2) is 47.4 Å². The highest BCUT2D eigenvalue weighted by Crippen LogP contribution is 2.28. The molecule has 0 aliphatic carbocycles. The summed E-state index contributed by atoms with van der Waals surface area (Å²) in [5.74, 6) is -1.20. The molecular weight excluding hydrogens is 370 g/mol. The molecule has 0 bridgehead atoms. The summed E-state index contributed by atoms with van der Waals surface area (Å²) in [5.41, 5.74) is 1.99. The number of carboxylic acid groups (broad SMARTS) is 1. The maximum atomic E-state index is 12.5. The van der Waals surface area contributed by atoms with Crippen LogP contribution >= 0.6 is 0 Å². The van der Waals surface area contributed by atoms with Gasteiger partial charge in [0.2, 0.25) is 10.0 Å². The van der Waals surface area contributed by atoms with E-state index in [1.54, 1.807) is 13.2 Å². The molecule has 0 aliphatic rings. The Balaban J connectivity index is 2.52. The molecule has 0 spiro atoms. The van der Waals surface area contributed by atoms with E-state index in [0.717, 1.165) is 11.6 Å². The third kappa shape index (κ3) is 5.36. The van der Waals surface area contributed by atoms with Crippen LogP contribution in [0.4, 0.5) is 0 Å². The minimum absolute atomic E-state index is 0.0896. The molecule has 0 heterocycles. The number of hydrogen-bond donors (Lipinski definition) is 2. The van der Waals surface area contributed by atoms with Gasteiger partial charge in [-0.25, -0.2) is 17.9 Å². The maximum Gasteiger partial charge on any atom is 0.335 e. The second-order valence-electron chi connectivity index (χ2n) is 5.95. The van der Waals surface area contributed by atoms with E-state index in [9.17, 15) is 18.3 Å². The highest BCUT2D eigenvalue weighted by Gasteiger charge is 2.18. The van der Waals surface area contributed by atoms with Gasteiger partial charge in [-0.2, -0.15) is 0 Å². The quantitative estimate of drug-likeness (QED) is 0.635. The zero-order chi connectivity index (χ0) is 20.0. The number of carbonyl (C=O) groups is 1. The lowest BCUT2D eigenvalue weighted by atomic mass is 9.99. The smallest absolute Gasteiger partial charge is 0.335 e. The Morgan fingerprint density at radius 2 is 1.89 bits per heavy atom. The summed E-state index contributed by atoms with van der Waals surface area (Å²) in [6.45, 7) is 2.19. The van der Waals surface area contributed by atoms with Crippen LogP contribution in [0.2, 0.25) is 0 Å². The molecule has 0 aromatic heterocycles. The SMILES string of the molecule is COCCNS(=O)(=O)c1cc(C(=O)O)cc(-c2cccc([C@@H](C)OC)c2)c1. The van der Waals surface area contributed by atoms with Crippen LogP contribution in [0, 0.1) is 0 Å². The van der Waals surface area contributed by atoms with Gasteiger partial charge < -0.3 is 14.6 Å². The predicted octanol–water partition coefficient (Wildman–Crippen LogP) is 2.68. The van der Waals surface area contributed by atoms with E-state index in [1.807, 2.05) is 25.1 Å². The number of methoxy groups -OCH3 is 2. The second kappa shape index (κ2) is 9.09. The zero-order valence-corrected chi connectivity index (χ0v) is 16.2. The molecule has 0 fully saturated rings. The van der Waals surface area contributed by atoms with Crippen LogP contribution in [0.5, 0.6) is 0 Å². The summed E-state index contributed by atoms with van der Waals surface area (Å²) >= 11 is 0. The van der Waals surface area contributed by atoms with Crippen molar-refractivity contribution in [1.82, 2.24) is 4.72 Å². The molecule has 0 saturated carbocycles. The number of benzene rings is 2. The largest absolute Gasteiger partial charge is 0.478 e. The highest BCUT2D eigenvalue weighted by molar-refractivity contribution is 7.89. The van der Waals surface area contributed by atoms with E-state index >= 15 is 0 Å². The summed E-state index contributed by atoms with van der Waals surface area (Å²) < 4.78 is 37.6. The van der Waals surface area contributed by atoms with Gasteiger partial charge in [-0.05, 0) is 47.9 Å². The van der Waals surface area contributed by atoms with Gasteiger partial charge >= 0.3 is 5.97 Å². The van der Waals surface area contributed by atoms with Gasteiger partial charge in [-0.1, -0.05) is 18.2 Å². The van der Waals surface area contributed by atoms with Gasteiger partial charge in [0.15, 0.2) is 0 Å². The summed E-state index contributed by atoms with van der Waals surface area (Å²) in [4.78, 5) is 11.4. The molecule has 0 unspecified atom stereocenters. The first-order chi connectivity index (χ1) is 12.8. The van der Waals surface area contributed by atoms with Crippen LogP contribution in [-0.2, 0) is 19.5 Å². The van der Waals surface area contributed by atoms with Gasteiger partial charge in [0.05, 0.1) is 23.2 Å². The Morgan fingerprint density at radius 3 is 2.52 bits per heavy atom. The molecule has 2 aromatic carbocycles. The molecule has 0 aliphatic heterocycles. The molecule has 2 aromatic rings. The Labute approximate surface area is 159 Å². The van der Waals surface area contributed by atoms with Crippen molar-refractivity contribution in [1.29, 1.82) is 0 Å². The minimum Gasteiger partial charge on any atom is -0.478 e. The monoisotopic (exact) mass is 393 g/mol. The number of ether oxygens (including phenoxy) is 2. The van der Waals surface area contributed by atoms with E-state index in [-0.39, 0.29) is 29.7 Å². The molecule has 8 heteroatoms. The normalized spacial score (nSPS) is 12.7. The number of carboxylic acids is 1. The standard InChI is InChI=1S/C19H23NO6S/c1-13(26-3)14-5-4-6-15(9-14)16-10-17(19(21)22)12-18(11-16)27(23,24)20-7-8-25-2/h4-6,9-13,20H,7-8H2,1-3H3,(H,21,22)/t13-/m1/s1. The van der Waals surface area contributed by atoms with Crippen molar-refractivity contribution >= 4 is 16.0 Å². The highest BCUT2D eigenvalue weighted by atomic mass is 32.2. The van der Waals surface area contributed by atoms with Gasteiger partial charge in [-0.3, -0.25) is 0 Å². The molecule has 146 valence electrons. The first-order valence-electron chi connectivity index (χ1n) is 8.28. The van der Waals surface area contributed by atoms with E-state index < -0.39 is 16.0 Å². The lowest BCUT2D eigenvalue weighted by Crippen LogP contribution is -2.27.